The number of hydrogen-bond donors (Lipinski definition) is 1. The van der Waals surface area contributed by atoms with Gasteiger partial charge in [0.15, 0.2) is 0 Å². The molecule has 0 radical (unpaired) electrons. The van der Waals surface area contributed by atoms with Crippen LogP contribution < -0.4 is 10.6 Å². The van der Waals surface area contributed by atoms with E-state index in [-0.39, 0.29) is 0 Å². The average Bonchev–Trinajstić information content (AvgIpc) is 2.31. The van der Waals surface area contributed by atoms with Crippen LogP contribution >= 0.6 is 15.9 Å². The zero-order valence-electron chi connectivity index (χ0n) is 9.49. The van der Waals surface area contributed by atoms with Crippen molar-refractivity contribution in [3.63, 3.8) is 0 Å². The van der Waals surface area contributed by atoms with Gasteiger partial charge in [0.25, 0.3) is 0 Å². The first-order valence-electron chi connectivity index (χ1n) is 5.55. The molecule has 1 aliphatic heterocycles. The highest BCUT2D eigenvalue weighted by molar-refractivity contribution is 9.10. The lowest BCUT2D eigenvalue weighted by atomic mass is 9.80. The lowest BCUT2D eigenvalue weighted by molar-refractivity contribution is 0.258. The van der Waals surface area contributed by atoms with E-state index in [1.54, 1.807) is 12.5 Å². The maximum Gasteiger partial charge on any atom is 0.146 e. The SMILES string of the molecule is CC1(CN)CCN(c2ncncc2Br)CC1. The molecule has 1 aromatic heterocycles. The Morgan fingerprint density at radius 2 is 2.19 bits per heavy atom. The van der Waals surface area contributed by atoms with Crippen molar-refractivity contribution in [2.24, 2.45) is 11.1 Å². The van der Waals surface area contributed by atoms with Crippen LogP contribution in [0, 0.1) is 5.41 Å². The van der Waals surface area contributed by atoms with Crippen LogP contribution in [0.15, 0.2) is 17.0 Å². The molecular weight excluding hydrogens is 268 g/mol. The van der Waals surface area contributed by atoms with Crippen molar-refractivity contribution in [2.75, 3.05) is 24.5 Å². The number of aromatic nitrogens is 2. The predicted octanol–water partition coefficient (Wildman–Crippen LogP) is 1.80. The number of anilines is 1. The maximum atomic E-state index is 5.80. The lowest BCUT2D eigenvalue weighted by Crippen LogP contribution is -2.42. The minimum Gasteiger partial charge on any atom is -0.356 e. The highest BCUT2D eigenvalue weighted by atomic mass is 79.9. The van der Waals surface area contributed by atoms with Crippen LogP contribution in [-0.4, -0.2) is 29.6 Å². The molecule has 0 atom stereocenters. The van der Waals surface area contributed by atoms with Crippen LogP contribution in [-0.2, 0) is 0 Å². The van der Waals surface area contributed by atoms with E-state index in [2.05, 4.69) is 37.7 Å². The van der Waals surface area contributed by atoms with E-state index in [1.165, 1.54) is 0 Å². The molecule has 4 nitrogen and oxygen atoms in total. The Morgan fingerprint density at radius 1 is 1.50 bits per heavy atom. The van der Waals surface area contributed by atoms with Gasteiger partial charge in [0.1, 0.15) is 12.1 Å². The molecule has 1 saturated heterocycles. The van der Waals surface area contributed by atoms with Gasteiger partial charge < -0.3 is 10.6 Å². The third-order valence-corrected chi connectivity index (χ3v) is 3.97. The van der Waals surface area contributed by atoms with E-state index in [4.69, 9.17) is 5.73 Å². The van der Waals surface area contributed by atoms with Crippen molar-refractivity contribution >= 4 is 21.7 Å². The molecule has 0 aromatic carbocycles. The normalized spacial score (nSPS) is 19.8. The zero-order chi connectivity index (χ0) is 11.6. The molecule has 88 valence electrons. The number of nitrogens with two attached hydrogens (primary N) is 1. The molecule has 0 amide bonds. The molecule has 1 fully saturated rings. The molecule has 5 heteroatoms. The highest BCUT2D eigenvalue weighted by Crippen LogP contribution is 2.33. The van der Waals surface area contributed by atoms with Crippen LogP contribution in [0.2, 0.25) is 0 Å². The summed E-state index contributed by atoms with van der Waals surface area (Å²) in [6, 6.07) is 0. The summed E-state index contributed by atoms with van der Waals surface area (Å²) in [5, 5.41) is 0. The van der Waals surface area contributed by atoms with Gasteiger partial charge in [0, 0.05) is 19.3 Å². The second kappa shape index (κ2) is 4.67. The van der Waals surface area contributed by atoms with Gasteiger partial charge in [0.2, 0.25) is 0 Å². The third-order valence-electron chi connectivity index (χ3n) is 3.41. The molecule has 0 aliphatic carbocycles. The fourth-order valence-electron chi connectivity index (χ4n) is 2.00. The smallest absolute Gasteiger partial charge is 0.146 e. The number of halogens is 1. The van der Waals surface area contributed by atoms with Gasteiger partial charge in [-0.2, -0.15) is 0 Å². The van der Waals surface area contributed by atoms with Gasteiger partial charge in [-0.25, -0.2) is 9.97 Å². The molecule has 16 heavy (non-hydrogen) atoms. The second-order valence-corrected chi connectivity index (χ2v) is 5.55. The molecule has 2 rings (SSSR count). The highest BCUT2D eigenvalue weighted by Gasteiger charge is 2.29. The van der Waals surface area contributed by atoms with Crippen molar-refractivity contribution in [1.29, 1.82) is 0 Å². The van der Waals surface area contributed by atoms with Crippen molar-refractivity contribution in [3.8, 4) is 0 Å². The van der Waals surface area contributed by atoms with E-state index in [9.17, 15) is 0 Å². The quantitative estimate of drug-likeness (QED) is 0.900. The molecule has 0 unspecified atom stereocenters. The Hall–Kier alpha value is -0.680. The summed E-state index contributed by atoms with van der Waals surface area (Å²) < 4.78 is 0.964. The first kappa shape index (κ1) is 11.8. The lowest BCUT2D eigenvalue weighted by Gasteiger charge is -2.39. The van der Waals surface area contributed by atoms with E-state index in [1.807, 2.05) is 0 Å². The predicted molar refractivity (Wildman–Crippen MR) is 68.3 cm³/mol. The first-order chi connectivity index (χ1) is 7.64. The summed E-state index contributed by atoms with van der Waals surface area (Å²) in [5.74, 6) is 0.995. The molecule has 0 saturated carbocycles. The molecule has 2 N–H and O–H groups in total. The van der Waals surface area contributed by atoms with Gasteiger partial charge in [-0.1, -0.05) is 6.92 Å². The van der Waals surface area contributed by atoms with Crippen molar-refractivity contribution in [3.05, 3.63) is 17.0 Å². The average molecular weight is 285 g/mol. The molecule has 2 heterocycles. The van der Waals surface area contributed by atoms with Gasteiger partial charge >= 0.3 is 0 Å². The van der Waals surface area contributed by atoms with E-state index < -0.39 is 0 Å². The van der Waals surface area contributed by atoms with E-state index in [0.29, 0.717) is 5.41 Å². The Labute approximate surface area is 104 Å². The first-order valence-corrected chi connectivity index (χ1v) is 6.34. The summed E-state index contributed by atoms with van der Waals surface area (Å²) in [5.41, 5.74) is 6.10. The monoisotopic (exact) mass is 284 g/mol. The Bertz CT molecular complexity index is 361. The van der Waals surface area contributed by atoms with Gasteiger partial charge in [-0.15, -0.1) is 0 Å². The van der Waals surface area contributed by atoms with Crippen molar-refractivity contribution in [2.45, 2.75) is 19.8 Å². The second-order valence-electron chi connectivity index (χ2n) is 4.70. The molecule has 0 bridgehead atoms. The minimum atomic E-state index is 0.302. The Kier molecular flexibility index (Phi) is 3.44. The Balaban J connectivity index is 2.07. The number of hydrogen-bond acceptors (Lipinski definition) is 4. The van der Waals surface area contributed by atoms with E-state index >= 15 is 0 Å². The summed E-state index contributed by atoms with van der Waals surface area (Å²) in [6.07, 6.45) is 5.63. The zero-order valence-corrected chi connectivity index (χ0v) is 11.1. The topological polar surface area (TPSA) is 55.0 Å². The third kappa shape index (κ3) is 2.35. The van der Waals surface area contributed by atoms with Crippen LogP contribution in [0.25, 0.3) is 0 Å². The largest absolute Gasteiger partial charge is 0.356 e. The molecule has 1 aliphatic rings. The van der Waals surface area contributed by atoms with Gasteiger partial charge in [0.05, 0.1) is 4.47 Å². The van der Waals surface area contributed by atoms with Crippen LogP contribution in [0.4, 0.5) is 5.82 Å². The standard InChI is InChI=1S/C11H17BrN4/c1-11(7-13)2-4-16(5-3-11)10-9(12)6-14-8-15-10/h6,8H,2-5,7,13H2,1H3. The fraction of sp³-hybridized carbons (Fsp3) is 0.636. The Morgan fingerprint density at radius 3 is 2.75 bits per heavy atom. The van der Waals surface area contributed by atoms with Gasteiger partial charge in [-0.05, 0) is 40.7 Å². The summed E-state index contributed by atoms with van der Waals surface area (Å²) in [7, 11) is 0. The number of rotatable bonds is 2. The summed E-state index contributed by atoms with van der Waals surface area (Å²) >= 11 is 3.49. The van der Waals surface area contributed by atoms with Crippen LogP contribution in [0.3, 0.4) is 0 Å². The van der Waals surface area contributed by atoms with Gasteiger partial charge in [-0.3, -0.25) is 0 Å². The van der Waals surface area contributed by atoms with Crippen LogP contribution in [0.5, 0.6) is 0 Å². The minimum absolute atomic E-state index is 0.302. The number of piperidine rings is 1. The molecule has 1 aromatic rings. The van der Waals surface area contributed by atoms with Crippen molar-refractivity contribution in [1.82, 2.24) is 9.97 Å². The fourth-order valence-corrected chi connectivity index (χ4v) is 2.47. The maximum absolute atomic E-state index is 5.80. The van der Waals surface area contributed by atoms with E-state index in [0.717, 1.165) is 42.8 Å². The van der Waals surface area contributed by atoms with Crippen LogP contribution in [0.1, 0.15) is 19.8 Å². The van der Waals surface area contributed by atoms with Crippen molar-refractivity contribution < 1.29 is 0 Å². The number of nitrogens with zero attached hydrogens (tertiary/aromatic N) is 3. The summed E-state index contributed by atoms with van der Waals surface area (Å²) in [4.78, 5) is 10.6. The summed E-state index contributed by atoms with van der Waals surface area (Å²) in [6.45, 7) is 5.07. The molecule has 0 spiro atoms. The molecular formula is C11H17BrN4.